The number of hydrogen-bond donors (Lipinski definition) is 0. The second kappa shape index (κ2) is 3.80. The van der Waals surface area contributed by atoms with Gasteiger partial charge in [0.25, 0.3) is 0 Å². The van der Waals surface area contributed by atoms with Crippen LogP contribution in [0, 0.1) is 11.8 Å². The summed E-state index contributed by atoms with van der Waals surface area (Å²) < 4.78 is 11.6. The second-order valence-corrected chi connectivity index (χ2v) is 4.98. The Balaban J connectivity index is 1.96. The first-order valence-electron chi connectivity index (χ1n) is 5.55. The highest BCUT2D eigenvalue weighted by atomic mass is 16.7. The van der Waals surface area contributed by atoms with Crippen molar-refractivity contribution in [2.75, 3.05) is 33.9 Å². The van der Waals surface area contributed by atoms with Gasteiger partial charge in [-0.1, -0.05) is 6.92 Å². The summed E-state index contributed by atoms with van der Waals surface area (Å²) in [5.74, 6) is 1.06. The van der Waals surface area contributed by atoms with Gasteiger partial charge in [-0.25, -0.2) is 0 Å². The van der Waals surface area contributed by atoms with Crippen LogP contribution in [-0.4, -0.2) is 44.5 Å². The smallest absolute Gasteiger partial charge is 0.171 e. The lowest BCUT2D eigenvalue weighted by atomic mass is 10.1. The molecule has 3 nitrogen and oxygen atoms in total. The summed E-state index contributed by atoms with van der Waals surface area (Å²) in [5, 5.41) is 0. The molecule has 14 heavy (non-hydrogen) atoms. The molecule has 2 fully saturated rings. The van der Waals surface area contributed by atoms with Crippen LogP contribution in [0.3, 0.4) is 0 Å². The van der Waals surface area contributed by atoms with Gasteiger partial charge in [-0.2, -0.15) is 0 Å². The van der Waals surface area contributed by atoms with Gasteiger partial charge in [-0.15, -0.1) is 0 Å². The first kappa shape index (κ1) is 10.4. The van der Waals surface area contributed by atoms with Crippen LogP contribution in [0.2, 0.25) is 0 Å². The van der Waals surface area contributed by atoms with Crippen molar-refractivity contribution in [2.24, 2.45) is 11.8 Å². The minimum atomic E-state index is -0.222. The molecule has 1 spiro atoms. The summed E-state index contributed by atoms with van der Waals surface area (Å²) >= 11 is 0. The van der Waals surface area contributed by atoms with Gasteiger partial charge in [0.15, 0.2) is 5.79 Å². The Hall–Kier alpha value is -0.120. The molecule has 0 radical (unpaired) electrons. The van der Waals surface area contributed by atoms with E-state index in [0.717, 1.165) is 32.1 Å². The summed E-state index contributed by atoms with van der Waals surface area (Å²) in [7, 11) is 4.26. The van der Waals surface area contributed by atoms with Crippen LogP contribution in [0.15, 0.2) is 0 Å². The monoisotopic (exact) mass is 199 g/mol. The van der Waals surface area contributed by atoms with E-state index in [-0.39, 0.29) is 5.79 Å². The van der Waals surface area contributed by atoms with E-state index in [4.69, 9.17) is 9.47 Å². The molecular weight excluding hydrogens is 178 g/mol. The van der Waals surface area contributed by atoms with Crippen molar-refractivity contribution in [3.8, 4) is 0 Å². The lowest BCUT2D eigenvalue weighted by molar-refractivity contribution is -0.178. The van der Waals surface area contributed by atoms with Gasteiger partial charge in [0.1, 0.15) is 0 Å². The van der Waals surface area contributed by atoms with Crippen LogP contribution in [0.4, 0.5) is 0 Å². The van der Waals surface area contributed by atoms with Crippen LogP contribution < -0.4 is 0 Å². The molecule has 1 saturated heterocycles. The SMILES string of the molecule is CC1CC(CN(C)C)CC12OCCO2. The maximum absolute atomic E-state index is 5.78. The average molecular weight is 199 g/mol. The Labute approximate surface area is 86.4 Å². The Morgan fingerprint density at radius 1 is 1.29 bits per heavy atom. The van der Waals surface area contributed by atoms with Crippen LogP contribution in [0.25, 0.3) is 0 Å². The lowest BCUT2D eigenvalue weighted by Crippen LogP contribution is -2.33. The fourth-order valence-electron chi connectivity index (χ4n) is 2.89. The third-order valence-corrected chi connectivity index (χ3v) is 3.41. The highest BCUT2D eigenvalue weighted by Gasteiger charge is 2.49. The number of ether oxygens (including phenoxy) is 2. The third kappa shape index (κ3) is 1.81. The van der Waals surface area contributed by atoms with Gasteiger partial charge in [-0.3, -0.25) is 0 Å². The van der Waals surface area contributed by atoms with E-state index in [9.17, 15) is 0 Å². The van der Waals surface area contributed by atoms with Crippen LogP contribution in [0.5, 0.6) is 0 Å². The van der Waals surface area contributed by atoms with E-state index in [1.807, 2.05) is 0 Å². The Morgan fingerprint density at radius 2 is 1.93 bits per heavy atom. The Bertz CT molecular complexity index is 199. The predicted molar refractivity (Wildman–Crippen MR) is 55.1 cm³/mol. The van der Waals surface area contributed by atoms with Crippen molar-refractivity contribution >= 4 is 0 Å². The molecule has 2 unspecified atom stereocenters. The van der Waals surface area contributed by atoms with Crippen LogP contribution in [0.1, 0.15) is 19.8 Å². The van der Waals surface area contributed by atoms with E-state index in [1.165, 1.54) is 6.42 Å². The van der Waals surface area contributed by atoms with Gasteiger partial charge in [0.2, 0.25) is 0 Å². The van der Waals surface area contributed by atoms with Gasteiger partial charge in [-0.05, 0) is 26.4 Å². The molecule has 0 amide bonds. The van der Waals surface area contributed by atoms with Crippen LogP contribution >= 0.6 is 0 Å². The highest BCUT2D eigenvalue weighted by Crippen LogP contribution is 2.45. The molecule has 0 aromatic rings. The van der Waals surface area contributed by atoms with Gasteiger partial charge in [0.05, 0.1) is 13.2 Å². The van der Waals surface area contributed by atoms with Crippen molar-refractivity contribution in [2.45, 2.75) is 25.6 Å². The highest BCUT2D eigenvalue weighted by molar-refractivity contribution is 4.91. The average Bonchev–Trinajstić information content (AvgIpc) is 2.62. The topological polar surface area (TPSA) is 21.7 Å². The molecule has 0 aromatic carbocycles. The van der Waals surface area contributed by atoms with E-state index in [2.05, 4.69) is 25.9 Å². The molecule has 1 aliphatic carbocycles. The molecule has 82 valence electrons. The normalized spacial score (nSPS) is 36.0. The molecule has 0 aromatic heterocycles. The first-order chi connectivity index (χ1) is 6.62. The third-order valence-electron chi connectivity index (χ3n) is 3.41. The molecule has 0 N–H and O–H groups in total. The van der Waals surface area contributed by atoms with Crippen molar-refractivity contribution in [1.82, 2.24) is 4.90 Å². The molecule has 2 rings (SSSR count). The van der Waals surface area contributed by atoms with Crippen molar-refractivity contribution in [3.63, 3.8) is 0 Å². The largest absolute Gasteiger partial charge is 0.347 e. The second-order valence-electron chi connectivity index (χ2n) is 4.98. The Kier molecular flexibility index (Phi) is 2.82. The van der Waals surface area contributed by atoms with Gasteiger partial charge < -0.3 is 14.4 Å². The maximum atomic E-state index is 5.78. The quantitative estimate of drug-likeness (QED) is 0.670. The van der Waals surface area contributed by atoms with Crippen molar-refractivity contribution in [3.05, 3.63) is 0 Å². The Morgan fingerprint density at radius 3 is 2.50 bits per heavy atom. The molecular formula is C11H21NO2. The van der Waals surface area contributed by atoms with Crippen molar-refractivity contribution in [1.29, 1.82) is 0 Å². The van der Waals surface area contributed by atoms with Gasteiger partial charge >= 0.3 is 0 Å². The molecule has 1 heterocycles. The number of hydrogen-bond acceptors (Lipinski definition) is 3. The predicted octanol–water partition coefficient (Wildman–Crippen LogP) is 1.34. The summed E-state index contributed by atoms with van der Waals surface area (Å²) in [6.07, 6.45) is 2.31. The first-order valence-corrected chi connectivity index (χ1v) is 5.55. The fourth-order valence-corrected chi connectivity index (χ4v) is 2.89. The minimum absolute atomic E-state index is 0.222. The molecule has 2 atom stereocenters. The number of nitrogens with zero attached hydrogens (tertiary/aromatic N) is 1. The number of rotatable bonds is 2. The summed E-state index contributed by atoms with van der Waals surface area (Å²) in [5.41, 5.74) is 0. The molecule has 2 aliphatic rings. The summed E-state index contributed by atoms with van der Waals surface area (Å²) in [4.78, 5) is 2.26. The van der Waals surface area contributed by atoms with Crippen molar-refractivity contribution < 1.29 is 9.47 Å². The minimum Gasteiger partial charge on any atom is -0.347 e. The fraction of sp³-hybridized carbons (Fsp3) is 1.00. The zero-order valence-electron chi connectivity index (χ0n) is 9.45. The standard InChI is InChI=1S/C11H21NO2/c1-9-6-10(8-12(2)3)7-11(9)13-4-5-14-11/h9-10H,4-8H2,1-3H3. The lowest BCUT2D eigenvalue weighted by Gasteiger charge is -2.26. The maximum Gasteiger partial charge on any atom is 0.171 e. The van der Waals surface area contributed by atoms with Gasteiger partial charge in [0, 0.05) is 18.9 Å². The van der Waals surface area contributed by atoms with E-state index in [1.54, 1.807) is 0 Å². The van der Waals surface area contributed by atoms with Crippen LogP contribution in [-0.2, 0) is 9.47 Å². The zero-order valence-corrected chi connectivity index (χ0v) is 9.45. The summed E-state index contributed by atoms with van der Waals surface area (Å²) in [6.45, 7) is 4.96. The molecule has 0 bridgehead atoms. The van der Waals surface area contributed by atoms with E-state index in [0.29, 0.717) is 5.92 Å². The van der Waals surface area contributed by atoms with E-state index >= 15 is 0 Å². The molecule has 1 saturated carbocycles. The summed E-state index contributed by atoms with van der Waals surface area (Å²) in [6, 6.07) is 0. The molecule has 1 aliphatic heterocycles. The molecule has 3 heteroatoms. The van der Waals surface area contributed by atoms with E-state index < -0.39 is 0 Å². The zero-order chi connectivity index (χ0) is 10.2.